The zero-order chi connectivity index (χ0) is 22.6. The Morgan fingerprint density at radius 1 is 1.19 bits per heavy atom. The molecule has 3 aromatic rings. The lowest BCUT2D eigenvalue weighted by atomic mass is 10.0. The normalized spacial score (nSPS) is 11.4. The SMILES string of the molecule is CCOC(=O)c1cncc(Cc2nc(COc3ccc(Cl)c(Cl)c3)cs2)c1C(F)(F)F. The number of halogens is 5. The number of aromatic nitrogens is 2. The van der Waals surface area contributed by atoms with Gasteiger partial charge in [-0.05, 0) is 24.6 Å². The molecule has 0 N–H and O–H groups in total. The molecule has 3 rings (SSSR count). The van der Waals surface area contributed by atoms with Crippen molar-refractivity contribution in [2.45, 2.75) is 26.1 Å². The van der Waals surface area contributed by atoms with Gasteiger partial charge < -0.3 is 9.47 Å². The van der Waals surface area contributed by atoms with Crippen molar-refractivity contribution in [3.05, 3.63) is 73.4 Å². The summed E-state index contributed by atoms with van der Waals surface area (Å²) in [6, 6.07) is 4.79. The van der Waals surface area contributed by atoms with Crippen LogP contribution < -0.4 is 4.74 Å². The van der Waals surface area contributed by atoms with Crippen LogP contribution in [-0.2, 0) is 23.9 Å². The van der Waals surface area contributed by atoms with Gasteiger partial charge >= 0.3 is 12.1 Å². The summed E-state index contributed by atoms with van der Waals surface area (Å²) in [4.78, 5) is 20.1. The van der Waals surface area contributed by atoms with Crippen LogP contribution >= 0.6 is 34.5 Å². The molecule has 0 saturated carbocycles. The molecule has 0 aliphatic heterocycles. The van der Waals surface area contributed by atoms with Crippen LogP contribution in [0.5, 0.6) is 5.75 Å². The summed E-state index contributed by atoms with van der Waals surface area (Å²) in [5.74, 6) is -0.589. The van der Waals surface area contributed by atoms with E-state index >= 15 is 0 Å². The Bertz CT molecular complexity index is 1090. The van der Waals surface area contributed by atoms with Gasteiger partial charge in [-0.3, -0.25) is 4.98 Å². The molecule has 31 heavy (non-hydrogen) atoms. The van der Waals surface area contributed by atoms with E-state index < -0.39 is 23.3 Å². The summed E-state index contributed by atoms with van der Waals surface area (Å²) in [7, 11) is 0. The van der Waals surface area contributed by atoms with E-state index in [0.717, 1.165) is 12.4 Å². The van der Waals surface area contributed by atoms with Gasteiger partial charge in [0.05, 0.1) is 38.5 Å². The first-order valence-corrected chi connectivity index (χ1v) is 10.5. The Balaban J connectivity index is 1.78. The first kappa shape index (κ1) is 23.3. The van der Waals surface area contributed by atoms with Crippen molar-refractivity contribution in [2.75, 3.05) is 6.61 Å². The monoisotopic (exact) mass is 490 g/mol. The molecule has 2 aromatic heterocycles. The number of ether oxygens (including phenoxy) is 2. The van der Waals surface area contributed by atoms with E-state index in [0.29, 0.717) is 26.5 Å². The topological polar surface area (TPSA) is 61.3 Å². The second-order valence-corrected chi connectivity index (χ2v) is 7.97. The summed E-state index contributed by atoms with van der Waals surface area (Å²) in [5, 5.41) is 2.83. The fourth-order valence-corrected chi connectivity index (χ4v) is 3.81. The van der Waals surface area contributed by atoms with Gasteiger partial charge in [-0.25, -0.2) is 9.78 Å². The molecule has 0 spiro atoms. The Hall–Kier alpha value is -2.36. The number of thiazole rings is 1. The zero-order valence-corrected chi connectivity index (χ0v) is 18.3. The molecule has 0 aliphatic carbocycles. The number of hydrogen-bond donors (Lipinski definition) is 0. The van der Waals surface area contributed by atoms with Crippen molar-refractivity contribution < 1.29 is 27.4 Å². The molecule has 0 saturated heterocycles. The number of hydrogen-bond acceptors (Lipinski definition) is 6. The van der Waals surface area contributed by atoms with Crippen LogP contribution in [0.25, 0.3) is 0 Å². The standard InChI is InChI=1S/C20H15Cl2F3N2O3S/c1-2-29-19(28)14-8-26-7-11(18(14)20(23,24)25)5-17-27-12(10-31-17)9-30-13-3-4-15(21)16(22)6-13/h3-4,6-8,10H,2,5,9H2,1H3. The van der Waals surface area contributed by atoms with Crippen LogP contribution in [0.4, 0.5) is 13.2 Å². The van der Waals surface area contributed by atoms with Gasteiger partial charge in [0.15, 0.2) is 0 Å². The lowest BCUT2D eigenvalue weighted by Crippen LogP contribution is -2.18. The molecular formula is C20H15Cl2F3N2O3S. The molecule has 0 aliphatic rings. The van der Waals surface area contributed by atoms with E-state index in [2.05, 4.69) is 9.97 Å². The van der Waals surface area contributed by atoms with E-state index in [1.54, 1.807) is 23.6 Å². The average molecular weight is 491 g/mol. The number of alkyl halides is 3. The first-order chi connectivity index (χ1) is 14.7. The maximum Gasteiger partial charge on any atom is 0.417 e. The molecule has 2 heterocycles. The van der Waals surface area contributed by atoms with Crippen LogP contribution in [0, 0.1) is 0 Å². The zero-order valence-electron chi connectivity index (χ0n) is 16.0. The first-order valence-electron chi connectivity index (χ1n) is 8.91. The summed E-state index contributed by atoms with van der Waals surface area (Å²) >= 11 is 13.0. The highest BCUT2D eigenvalue weighted by molar-refractivity contribution is 7.09. The Kier molecular flexibility index (Phi) is 7.40. The third-order valence-corrected chi connectivity index (χ3v) is 5.66. The maximum atomic E-state index is 13.7. The quantitative estimate of drug-likeness (QED) is 0.368. The van der Waals surface area contributed by atoms with Gasteiger partial charge in [0.25, 0.3) is 0 Å². The highest BCUT2D eigenvalue weighted by atomic mass is 35.5. The number of esters is 1. The van der Waals surface area contributed by atoms with E-state index in [-0.39, 0.29) is 25.2 Å². The van der Waals surface area contributed by atoms with Crippen molar-refractivity contribution in [1.29, 1.82) is 0 Å². The minimum atomic E-state index is -4.75. The van der Waals surface area contributed by atoms with Crippen molar-refractivity contribution in [3.8, 4) is 5.75 Å². The van der Waals surface area contributed by atoms with Gasteiger partial charge in [-0.1, -0.05) is 23.2 Å². The molecule has 0 radical (unpaired) electrons. The maximum absolute atomic E-state index is 13.7. The van der Waals surface area contributed by atoms with Gasteiger partial charge in [0.2, 0.25) is 0 Å². The minimum absolute atomic E-state index is 0.0466. The Labute approximate surface area is 189 Å². The van der Waals surface area contributed by atoms with Gasteiger partial charge in [-0.2, -0.15) is 13.2 Å². The van der Waals surface area contributed by atoms with Crippen LogP contribution in [-0.4, -0.2) is 22.5 Å². The molecule has 11 heteroatoms. The predicted octanol–water partition coefficient (Wildman–Crippen LogP) is 6.21. The highest BCUT2D eigenvalue weighted by Crippen LogP contribution is 2.36. The highest BCUT2D eigenvalue weighted by Gasteiger charge is 2.38. The minimum Gasteiger partial charge on any atom is -0.487 e. The molecule has 5 nitrogen and oxygen atoms in total. The molecule has 0 atom stereocenters. The second kappa shape index (κ2) is 9.84. The summed E-state index contributed by atoms with van der Waals surface area (Å²) in [5.41, 5.74) is -1.31. The molecular weight excluding hydrogens is 476 g/mol. The molecule has 0 amide bonds. The molecule has 1 aromatic carbocycles. The molecule has 0 bridgehead atoms. The number of nitrogens with zero attached hydrogens (tertiary/aromatic N) is 2. The summed E-state index contributed by atoms with van der Waals surface area (Å²) < 4.78 is 51.4. The molecule has 0 fully saturated rings. The number of pyridine rings is 1. The van der Waals surface area contributed by atoms with Crippen LogP contribution in [0.1, 0.15) is 39.1 Å². The lowest BCUT2D eigenvalue weighted by Gasteiger charge is -2.15. The van der Waals surface area contributed by atoms with Crippen molar-refractivity contribution in [1.82, 2.24) is 9.97 Å². The van der Waals surface area contributed by atoms with E-state index in [1.165, 1.54) is 18.3 Å². The smallest absolute Gasteiger partial charge is 0.417 e. The lowest BCUT2D eigenvalue weighted by molar-refractivity contribution is -0.138. The second-order valence-electron chi connectivity index (χ2n) is 6.21. The number of carbonyl (C=O) groups is 1. The van der Waals surface area contributed by atoms with E-state index in [1.807, 2.05) is 0 Å². The Morgan fingerprint density at radius 3 is 2.65 bits per heavy atom. The largest absolute Gasteiger partial charge is 0.487 e. The van der Waals surface area contributed by atoms with Crippen LogP contribution in [0.2, 0.25) is 10.0 Å². The number of benzene rings is 1. The Morgan fingerprint density at radius 2 is 1.97 bits per heavy atom. The third kappa shape index (κ3) is 5.87. The van der Waals surface area contributed by atoms with Gasteiger partial charge in [0.1, 0.15) is 12.4 Å². The van der Waals surface area contributed by atoms with Crippen molar-refractivity contribution in [2.24, 2.45) is 0 Å². The third-order valence-electron chi connectivity index (χ3n) is 4.02. The number of carbonyl (C=O) groups excluding carboxylic acids is 1. The average Bonchev–Trinajstić information content (AvgIpc) is 3.15. The summed E-state index contributed by atoms with van der Waals surface area (Å²) in [6.45, 7) is 1.57. The molecule has 0 unspecified atom stereocenters. The fraction of sp³-hybridized carbons (Fsp3) is 0.250. The van der Waals surface area contributed by atoms with Crippen molar-refractivity contribution in [3.63, 3.8) is 0 Å². The summed E-state index contributed by atoms with van der Waals surface area (Å²) in [6.07, 6.45) is -2.95. The van der Waals surface area contributed by atoms with E-state index in [4.69, 9.17) is 32.7 Å². The van der Waals surface area contributed by atoms with Crippen LogP contribution in [0.15, 0.2) is 36.0 Å². The molecule has 164 valence electrons. The van der Waals surface area contributed by atoms with Gasteiger partial charge in [-0.15, -0.1) is 11.3 Å². The number of rotatable bonds is 7. The predicted molar refractivity (Wildman–Crippen MR) is 111 cm³/mol. The van der Waals surface area contributed by atoms with E-state index in [9.17, 15) is 18.0 Å². The van der Waals surface area contributed by atoms with Crippen LogP contribution in [0.3, 0.4) is 0 Å². The van der Waals surface area contributed by atoms with Crippen molar-refractivity contribution >= 4 is 40.5 Å². The fourth-order valence-electron chi connectivity index (χ4n) is 2.72. The van der Waals surface area contributed by atoms with Gasteiger partial charge in [0, 0.05) is 30.3 Å².